The van der Waals surface area contributed by atoms with Crippen molar-refractivity contribution in [1.29, 1.82) is 0 Å². The number of amides is 2. The van der Waals surface area contributed by atoms with Gasteiger partial charge in [-0.2, -0.15) is 0 Å². The van der Waals surface area contributed by atoms with Gasteiger partial charge < -0.3 is 15.0 Å². The summed E-state index contributed by atoms with van der Waals surface area (Å²) in [5, 5.41) is 2.90. The molecule has 1 unspecified atom stereocenters. The Morgan fingerprint density at radius 2 is 2.00 bits per heavy atom. The van der Waals surface area contributed by atoms with E-state index in [1.165, 1.54) is 0 Å². The molecule has 0 bridgehead atoms. The van der Waals surface area contributed by atoms with E-state index in [9.17, 15) is 9.59 Å². The van der Waals surface area contributed by atoms with Crippen molar-refractivity contribution < 1.29 is 14.3 Å². The predicted molar refractivity (Wildman–Crippen MR) is 72.8 cm³/mol. The predicted octanol–water partition coefficient (Wildman–Crippen LogP) is -0.308. The van der Waals surface area contributed by atoms with Crippen molar-refractivity contribution in [3.63, 3.8) is 0 Å². The third-order valence-corrected chi connectivity index (χ3v) is 3.23. The molecular formula is C13H25N3O3. The van der Waals surface area contributed by atoms with Crippen LogP contribution in [0.5, 0.6) is 0 Å². The minimum absolute atomic E-state index is 0.0147. The fraction of sp³-hybridized carbons (Fsp3) is 0.846. The molecule has 0 radical (unpaired) electrons. The average molecular weight is 271 g/mol. The largest absolute Gasteiger partial charge is 0.383 e. The van der Waals surface area contributed by atoms with Gasteiger partial charge in [0.2, 0.25) is 11.8 Å². The average Bonchev–Trinajstić information content (AvgIpc) is 2.54. The van der Waals surface area contributed by atoms with Crippen molar-refractivity contribution in [1.82, 2.24) is 15.1 Å². The summed E-state index contributed by atoms with van der Waals surface area (Å²) in [6.45, 7) is 7.52. The molecule has 0 aromatic rings. The van der Waals surface area contributed by atoms with E-state index in [4.69, 9.17) is 4.74 Å². The van der Waals surface area contributed by atoms with Crippen LogP contribution in [0.15, 0.2) is 0 Å². The Morgan fingerprint density at radius 3 is 2.63 bits per heavy atom. The number of carbonyl (C=O) groups is 2. The van der Waals surface area contributed by atoms with E-state index in [0.29, 0.717) is 19.7 Å². The number of methoxy groups -OCH3 is 1. The van der Waals surface area contributed by atoms with Crippen molar-refractivity contribution in [2.45, 2.75) is 26.3 Å². The van der Waals surface area contributed by atoms with E-state index in [2.05, 4.69) is 10.2 Å². The molecule has 1 saturated heterocycles. The first kappa shape index (κ1) is 15.9. The van der Waals surface area contributed by atoms with E-state index in [-0.39, 0.29) is 17.9 Å². The van der Waals surface area contributed by atoms with Crippen LogP contribution in [0.1, 0.15) is 20.3 Å². The molecule has 0 spiro atoms. The third kappa shape index (κ3) is 6.02. The summed E-state index contributed by atoms with van der Waals surface area (Å²) in [7, 11) is 1.62. The Kier molecular flexibility index (Phi) is 6.80. The molecule has 1 N–H and O–H groups in total. The molecule has 19 heavy (non-hydrogen) atoms. The summed E-state index contributed by atoms with van der Waals surface area (Å²) in [6.07, 6.45) is 0.917. The summed E-state index contributed by atoms with van der Waals surface area (Å²) in [4.78, 5) is 27.1. The molecule has 110 valence electrons. The molecule has 1 heterocycles. The molecule has 1 atom stereocenters. The first-order valence-electron chi connectivity index (χ1n) is 6.79. The van der Waals surface area contributed by atoms with E-state index in [1.54, 1.807) is 14.0 Å². The molecule has 2 amide bonds. The molecule has 6 nitrogen and oxygen atoms in total. The zero-order valence-corrected chi connectivity index (χ0v) is 12.1. The van der Waals surface area contributed by atoms with Gasteiger partial charge in [0.1, 0.15) is 0 Å². The standard InChI is InChI=1S/C13H25N3O3/c1-11(10-19-3)14-13(18)9-15-5-4-6-16(8-7-15)12(2)17/h11H,4-10H2,1-3H3,(H,14,18). The van der Waals surface area contributed by atoms with Crippen LogP contribution < -0.4 is 5.32 Å². The highest BCUT2D eigenvalue weighted by molar-refractivity contribution is 5.78. The topological polar surface area (TPSA) is 61.9 Å². The van der Waals surface area contributed by atoms with Crippen molar-refractivity contribution >= 4 is 11.8 Å². The van der Waals surface area contributed by atoms with E-state index >= 15 is 0 Å². The van der Waals surface area contributed by atoms with Crippen LogP contribution in [-0.4, -0.2) is 74.1 Å². The molecule has 0 aliphatic carbocycles. The maximum Gasteiger partial charge on any atom is 0.234 e. The SMILES string of the molecule is COCC(C)NC(=O)CN1CCCN(C(C)=O)CC1. The molecule has 1 rings (SSSR count). The Bertz CT molecular complexity index is 310. The molecule has 1 aliphatic rings. The number of nitrogens with zero attached hydrogens (tertiary/aromatic N) is 2. The maximum absolute atomic E-state index is 11.8. The van der Waals surface area contributed by atoms with E-state index < -0.39 is 0 Å². The van der Waals surface area contributed by atoms with Crippen molar-refractivity contribution in [3.05, 3.63) is 0 Å². The molecule has 6 heteroatoms. The number of carbonyl (C=O) groups excluding carboxylic acids is 2. The van der Waals surface area contributed by atoms with Gasteiger partial charge in [0.05, 0.1) is 13.2 Å². The highest BCUT2D eigenvalue weighted by Gasteiger charge is 2.18. The Labute approximate surface area is 115 Å². The first-order valence-corrected chi connectivity index (χ1v) is 6.79. The van der Waals surface area contributed by atoms with Gasteiger partial charge in [-0.05, 0) is 13.3 Å². The maximum atomic E-state index is 11.8. The van der Waals surface area contributed by atoms with Crippen molar-refractivity contribution in [3.8, 4) is 0 Å². The van der Waals surface area contributed by atoms with Crippen LogP contribution in [-0.2, 0) is 14.3 Å². The van der Waals surface area contributed by atoms with Crippen LogP contribution in [0.4, 0.5) is 0 Å². The lowest BCUT2D eigenvalue weighted by Crippen LogP contribution is -2.43. The molecular weight excluding hydrogens is 246 g/mol. The van der Waals surface area contributed by atoms with Gasteiger partial charge >= 0.3 is 0 Å². The number of hydrogen-bond acceptors (Lipinski definition) is 4. The van der Waals surface area contributed by atoms with Gasteiger partial charge in [-0.25, -0.2) is 0 Å². The van der Waals surface area contributed by atoms with Crippen LogP contribution >= 0.6 is 0 Å². The highest BCUT2D eigenvalue weighted by atomic mass is 16.5. The lowest BCUT2D eigenvalue weighted by molar-refractivity contribution is -0.128. The zero-order chi connectivity index (χ0) is 14.3. The van der Waals surface area contributed by atoms with Gasteiger partial charge in [0.15, 0.2) is 0 Å². The summed E-state index contributed by atoms with van der Waals surface area (Å²) in [5.41, 5.74) is 0. The van der Waals surface area contributed by atoms with E-state index in [1.807, 2.05) is 11.8 Å². The fourth-order valence-electron chi connectivity index (χ4n) is 2.26. The first-order chi connectivity index (χ1) is 9.02. The molecule has 1 aliphatic heterocycles. The number of nitrogens with one attached hydrogen (secondary N) is 1. The number of hydrogen-bond donors (Lipinski definition) is 1. The Hall–Kier alpha value is -1.14. The normalized spacial score (nSPS) is 18.8. The quantitative estimate of drug-likeness (QED) is 0.745. The van der Waals surface area contributed by atoms with Gasteiger partial charge in [0, 0.05) is 46.3 Å². The monoisotopic (exact) mass is 271 g/mol. The zero-order valence-electron chi connectivity index (χ0n) is 12.1. The lowest BCUT2D eigenvalue weighted by atomic mass is 10.3. The summed E-state index contributed by atoms with van der Waals surface area (Å²) in [5.74, 6) is 0.126. The Morgan fingerprint density at radius 1 is 1.26 bits per heavy atom. The molecule has 1 fully saturated rings. The number of rotatable bonds is 5. The molecule has 0 aromatic heterocycles. The summed E-state index contributed by atoms with van der Waals surface area (Å²) < 4.78 is 4.98. The van der Waals surface area contributed by atoms with Crippen LogP contribution in [0, 0.1) is 0 Å². The fourth-order valence-corrected chi connectivity index (χ4v) is 2.26. The Balaban J connectivity index is 2.32. The molecule has 0 saturated carbocycles. The van der Waals surface area contributed by atoms with Crippen LogP contribution in [0.3, 0.4) is 0 Å². The van der Waals surface area contributed by atoms with Crippen LogP contribution in [0.25, 0.3) is 0 Å². The van der Waals surface area contributed by atoms with Crippen LogP contribution in [0.2, 0.25) is 0 Å². The van der Waals surface area contributed by atoms with Crippen molar-refractivity contribution in [2.75, 3.05) is 46.4 Å². The minimum atomic E-state index is 0.0147. The van der Waals surface area contributed by atoms with Gasteiger partial charge in [-0.15, -0.1) is 0 Å². The smallest absolute Gasteiger partial charge is 0.234 e. The summed E-state index contributed by atoms with van der Waals surface area (Å²) >= 11 is 0. The van der Waals surface area contributed by atoms with Crippen molar-refractivity contribution in [2.24, 2.45) is 0 Å². The van der Waals surface area contributed by atoms with Gasteiger partial charge in [-0.3, -0.25) is 14.5 Å². The summed E-state index contributed by atoms with van der Waals surface area (Å²) in [6, 6.07) is 0.0261. The van der Waals surface area contributed by atoms with Gasteiger partial charge in [0.25, 0.3) is 0 Å². The second kappa shape index (κ2) is 8.12. The third-order valence-electron chi connectivity index (χ3n) is 3.23. The minimum Gasteiger partial charge on any atom is -0.383 e. The number of ether oxygens (including phenoxy) is 1. The highest BCUT2D eigenvalue weighted by Crippen LogP contribution is 2.03. The second-order valence-corrected chi connectivity index (χ2v) is 5.06. The van der Waals surface area contributed by atoms with E-state index in [0.717, 1.165) is 26.1 Å². The lowest BCUT2D eigenvalue weighted by Gasteiger charge is -2.21. The molecule has 0 aromatic carbocycles. The van der Waals surface area contributed by atoms with Gasteiger partial charge in [-0.1, -0.05) is 0 Å². The second-order valence-electron chi connectivity index (χ2n) is 5.06.